The summed E-state index contributed by atoms with van der Waals surface area (Å²) in [6.45, 7) is 12.0. The maximum atomic E-state index is 12.5. The van der Waals surface area contributed by atoms with Crippen LogP contribution in [-0.2, 0) is 10.2 Å². The lowest BCUT2D eigenvalue weighted by atomic mass is 9.96. The number of hydrogen-bond acceptors (Lipinski definition) is 5. The molecule has 1 saturated heterocycles. The van der Waals surface area contributed by atoms with Gasteiger partial charge in [-0.15, -0.1) is 10.2 Å². The zero-order chi connectivity index (χ0) is 16.5. The standard InChI is InChI=1S/C15H27N5OS/c1-10-6-8-19(9-7-10)12(21)11(2)22-14-18-17-13(20(14)16)15(3,4)5/h10-11H,6-9,16H2,1-5H3. The van der Waals surface area contributed by atoms with Crippen molar-refractivity contribution in [3.8, 4) is 0 Å². The number of hydrogen-bond donors (Lipinski definition) is 1. The number of nitrogens with zero attached hydrogens (tertiary/aromatic N) is 4. The molecule has 1 aromatic heterocycles. The monoisotopic (exact) mass is 325 g/mol. The van der Waals surface area contributed by atoms with Gasteiger partial charge in [0, 0.05) is 18.5 Å². The van der Waals surface area contributed by atoms with Gasteiger partial charge in [-0.05, 0) is 25.7 Å². The molecule has 1 atom stereocenters. The van der Waals surface area contributed by atoms with Crippen molar-refractivity contribution >= 4 is 17.7 Å². The van der Waals surface area contributed by atoms with Crippen molar-refractivity contribution in [3.63, 3.8) is 0 Å². The summed E-state index contributed by atoms with van der Waals surface area (Å²) in [7, 11) is 0. The van der Waals surface area contributed by atoms with E-state index in [1.165, 1.54) is 16.4 Å². The highest BCUT2D eigenvalue weighted by Crippen LogP contribution is 2.27. The van der Waals surface area contributed by atoms with E-state index in [-0.39, 0.29) is 16.6 Å². The smallest absolute Gasteiger partial charge is 0.235 e. The summed E-state index contributed by atoms with van der Waals surface area (Å²) in [6, 6.07) is 0. The van der Waals surface area contributed by atoms with Gasteiger partial charge in [0.05, 0.1) is 5.25 Å². The molecule has 1 amide bonds. The molecule has 0 aromatic carbocycles. The van der Waals surface area contributed by atoms with Crippen molar-refractivity contribution in [2.75, 3.05) is 18.9 Å². The number of aromatic nitrogens is 3. The second-order valence-corrected chi connectivity index (χ2v) is 8.50. The number of piperidine rings is 1. The van der Waals surface area contributed by atoms with Gasteiger partial charge >= 0.3 is 0 Å². The lowest BCUT2D eigenvalue weighted by molar-refractivity contribution is -0.131. The quantitative estimate of drug-likeness (QED) is 0.679. The molecule has 22 heavy (non-hydrogen) atoms. The third-order valence-electron chi connectivity index (χ3n) is 4.06. The molecule has 7 heteroatoms. The van der Waals surface area contributed by atoms with Crippen LogP contribution in [0.4, 0.5) is 0 Å². The molecule has 1 aliphatic heterocycles. The average Bonchev–Trinajstić information content (AvgIpc) is 2.80. The zero-order valence-electron chi connectivity index (χ0n) is 14.2. The number of thioether (sulfide) groups is 1. The van der Waals surface area contributed by atoms with Crippen LogP contribution in [0.5, 0.6) is 0 Å². The Kier molecular flexibility index (Phi) is 5.04. The normalized spacial score (nSPS) is 18.5. The summed E-state index contributed by atoms with van der Waals surface area (Å²) in [4.78, 5) is 14.5. The molecule has 2 rings (SSSR count). The molecule has 0 bridgehead atoms. The van der Waals surface area contributed by atoms with E-state index in [0.717, 1.165) is 31.8 Å². The minimum atomic E-state index is -0.201. The van der Waals surface area contributed by atoms with Crippen LogP contribution in [0.2, 0.25) is 0 Å². The summed E-state index contributed by atoms with van der Waals surface area (Å²) in [5, 5.41) is 8.70. The Bertz CT molecular complexity index is 529. The minimum Gasteiger partial charge on any atom is -0.342 e. The van der Waals surface area contributed by atoms with Gasteiger partial charge in [-0.3, -0.25) is 4.79 Å². The van der Waals surface area contributed by atoms with E-state index in [9.17, 15) is 4.79 Å². The molecule has 124 valence electrons. The Hall–Kier alpha value is -1.24. The molecule has 2 heterocycles. The van der Waals surface area contributed by atoms with E-state index in [1.807, 2.05) is 32.6 Å². The Morgan fingerprint density at radius 2 is 1.91 bits per heavy atom. The SMILES string of the molecule is CC1CCN(C(=O)C(C)Sc2nnc(C(C)(C)C)n2N)CC1. The molecular weight excluding hydrogens is 298 g/mol. The maximum Gasteiger partial charge on any atom is 0.235 e. The van der Waals surface area contributed by atoms with E-state index in [2.05, 4.69) is 17.1 Å². The van der Waals surface area contributed by atoms with Crippen LogP contribution in [0.3, 0.4) is 0 Å². The highest BCUT2D eigenvalue weighted by atomic mass is 32.2. The topological polar surface area (TPSA) is 77.0 Å². The van der Waals surface area contributed by atoms with Crippen LogP contribution >= 0.6 is 11.8 Å². The Labute approximate surface area is 136 Å². The third kappa shape index (κ3) is 3.74. The molecular formula is C15H27N5OS. The molecule has 0 radical (unpaired) electrons. The number of likely N-dealkylation sites (tertiary alicyclic amines) is 1. The Morgan fingerprint density at radius 3 is 2.41 bits per heavy atom. The number of amides is 1. The minimum absolute atomic E-state index is 0.164. The molecule has 1 unspecified atom stereocenters. The van der Waals surface area contributed by atoms with E-state index in [0.29, 0.717) is 11.1 Å². The Morgan fingerprint density at radius 1 is 1.32 bits per heavy atom. The fourth-order valence-corrected chi connectivity index (χ4v) is 3.42. The number of rotatable bonds is 3. The predicted octanol–water partition coefficient (Wildman–Crippen LogP) is 2.03. The number of nitrogen functional groups attached to an aromatic ring is 1. The predicted molar refractivity (Wildman–Crippen MR) is 89.2 cm³/mol. The van der Waals surface area contributed by atoms with Crippen LogP contribution in [0.25, 0.3) is 0 Å². The number of carbonyl (C=O) groups excluding carboxylic acids is 1. The average molecular weight is 325 g/mol. The highest BCUT2D eigenvalue weighted by molar-refractivity contribution is 8.00. The molecule has 0 aliphatic carbocycles. The fourth-order valence-electron chi connectivity index (χ4n) is 2.56. The maximum absolute atomic E-state index is 12.5. The first-order valence-corrected chi connectivity index (χ1v) is 8.74. The first kappa shape index (κ1) is 17.1. The summed E-state index contributed by atoms with van der Waals surface area (Å²) in [5.74, 6) is 7.68. The van der Waals surface area contributed by atoms with E-state index < -0.39 is 0 Å². The third-order valence-corrected chi connectivity index (χ3v) is 5.10. The van der Waals surface area contributed by atoms with Crippen molar-refractivity contribution in [1.29, 1.82) is 0 Å². The van der Waals surface area contributed by atoms with Gasteiger partial charge in [-0.1, -0.05) is 39.5 Å². The fraction of sp³-hybridized carbons (Fsp3) is 0.800. The largest absolute Gasteiger partial charge is 0.342 e. The highest BCUT2D eigenvalue weighted by Gasteiger charge is 2.28. The van der Waals surface area contributed by atoms with Gasteiger partial charge in [0.25, 0.3) is 0 Å². The van der Waals surface area contributed by atoms with Gasteiger partial charge < -0.3 is 10.7 Å². The number of nitrogens with two attached hydrogens (primary N) is 1. The van der Waals surface area contributed by atoms with Crippen molar-refractivity contribution in [2.45, 2.75) is 63.3 Å². The second-order valence-electron chi connectivity index (χ2n) is 7.19. The molecule has 0 spiro atoms. The lowest BCUT2D eigenvalue weighted by Crippen LogP contribution is -2.41. The van der Waals surface area contributed by atoms with Crippen LogP contribution in [-0.4, -0.2) is 44.0 Å². The van der Waals surface area contributed by atoms with Gasteiger partial charge in [0.1, 0.15) is 0 Å². The van der Waals surface area contributed by atoms with Gasteiger partial charge in [-0.2, -0.15) is 0 Å². The zero-order valence-corrected chi connectivity index (χ0v) is 15.0. The van der Waals surface area contributed by atoms with Crippen LogP contribution in [0.1, 0.15) is 53.3 Å². The van der Waals surface area contributed by atoms with Crippen LogP contribution < -0.4 is 5.84 Å². The summed E-state index contributed by atoms with van der Waals surface area (Å²) in [6.07, 6.45) is 2.18. The molecule has 2 N–H and O–H groups in total. The van der Waals surface area contributed by atoms with E-state index in [1.54, 1.807) is 0 Å². The first-order chi connectivity index (χ1) is 10.2. The molecule has 1 aromatic rings. The van der Waals surface area contributed by atoms with Crippen molar-refractivity contribution in [3.05, 3.63) is 5.82 Å². The molecule has 0 saturated carbocycles. The Balaban J connectivity index is 2.01. The summed E-state index contributed by atoms with van der Waals surface area (Å²) < 4.78 is 1.51. The van der Waals surface area contributed by atoms with Crippen molar-refractivity contribution in [2.24, 2.45) is 5.92 Å². The first-order valence-electron chi connectivity index (χ1n) is 7.86. The molecule has 1 aliphatic rings. The van der Waals surface area contributed by atoms with E-state index >= 15 is 0 Å². The van der Waals surface area contributed by atoms with Gasteiger partial charge in [0.2, 0.25) is 11.1 Å². The summed E-state index contributed by atoms with van der Waals surface area (Å²) >= 11 is 1.38. The van der Waals surface area contributed by atoms with Crippen LogP contribution in [0.15, 0.2) is 5.16 Å². The van der Waals surface area contributed by atoms with Crippen molar-refractivity contribution in [1.82, 2.24) is 19.8 Å². The lowest BCUT2D eigenvalue weighted by Gasteiger charge is -2.31. The van der Waals surface area contributed by atoms with Gasteiger partial charge in [-0.25, -0.2) is 4.68 Å². The second kappa shape index (κ2) is 6.48. The molecule has 6 nitrogen and oxygen atoms in total. The summed E-state index contributed by atoms with van der Waals surface area (Å²) in [5.41, 5.74) is -0.170. The van der Waals surface area contributed by atoms with E-state index in [4.69, 9.17) is 5.84 Å². The van der Waals surface area contributed by atoms with Crippen LogP contribution in [0, 0.1) is 5.92 Å². The number of carbonyl (C=O) groups is 1. The van der Waals surface area contributed by atoms with Crippen molar-refractivity contribution < 1.29 is 4.79 Å². The van der Waals surface area contributed by atoms with Gasteiger partial charge in [0.15, 0.2) is 5.82 Å². The molecule has 1 fully saturated rings.